The van der Waals surface area contributed by atoms with Crippen molar-refractivity contribution in [1.29, 1.82) is 0 Å². The number of benzene rings is 1. The minimum absolute atomic E-state index is 0.191. The van der Waals surface area contributed by atoms with E-state index >= 15 is 0 Å². The highest BCUT2D eigenvalue weighted by Crippen LogP contribution is 2.45. The molecule has 0 radical (unpaired) electrons. The van der Waals surface area contributed by atoms with Gasteiger partial charge in [-0.3, -0.25) is 4.79 Å². The lowest BCUT2D eigenvalue weighted by Gasteiger charge is -2.44. The van der Waals surface area contributed by atoms with Gasteiger partial charge >= 0.3 is 0 Å². The summed E-state index contributed by atoms with van der Waals surface area (Å²) in [4.78, 5) is 11.9. The average Bonchev–Trinajstić information content (AvgIpc) is 2.14. The Labute approximate surface area is 88.2 Å². The van der Waals surface area contributed by atoms with E-state index in [1.807, 2.05) is 0 Å². The molecule has 3 nitrogen and oxygen atoms in total. The number of nitrogen functional groups attached to an aromatic ring is 1. The fourth-order valence-corrected chi connectivity index (χ4v) is 2.36. The molecule has 0 bridgehead atoms. The smallest absolute Gasteiger partial charge is 0.170 e. The molecule has 1 aliphatic carbocycles. The molecule has 1 spiro atoms. The van der Waals surface area contributed by atoms with Gasteiger partial charge in [-0.1, -0.05) is 0 Å². The number of anilines is 1. The van der Waals surface area contributed by atoms with E-state index < -0.39 is 0 Å². The van der Waals surface area contributed by atoms with Gasteiger partial charge in [-0.2, -0.15) is 0 Å². The summed E-state index contributed by atoms with van der Waals surface area (Å²) < 4.78 is 5.91. The van der Waals surface area contributed by atoms with E-state index in [0.29, 0.717) is 23.4 Å². The molecule has 0 aromatic heterocycles. The maximum atomic E-state index is 11.9. The quantitative estimate of drug-likeness (QED) is 0.657. The van der Waals surface area contributed by atoms with Crippen LogP contribution in [-0.4, -0.2) is 11.4 Å². The van der Waals surface area contributed by atoms with Crippen molar-refractivity contribution in [3.8, 4) is 5.75 Å². The molecule has 1 aromatic carbocycles. The second-order valence-electron chi connectivity index (χ2n) is 4.49. The summed E-state index contributed by atoms with van der Waals surface area (Å²) in [7, 11) is 0. The number of hydrogen-bond acceptors (Lipinski definition) is 3. The van der Waals surface area contributed by atoms with Crippen molar-refractivity contribution < 1.29 is 9.53 Å². The third-order valence-electron chi connectivity index (χ3n) is 3.38. The Bertz CT molecular complexity index is 435. The van der Waals surface area contributed by atoms with Gasteiger partial charge in [0.15, 0.2) is 5.78 Å². The molecule has 1 aliphatic heterocycles. The molecule has 1 saturated carbocycles. The van der Waals surface area contributed by atoms with Crippen molar-refractivity contribution >= 4 is 11.5 Å². The second kappa shape index (κ2) is 2.75. The maximum absolute atomic E-state index is 11.9. The lowest BCUT2D eigenvalue weighted by atomic mass is 9.74. The molecule has 0 saturated heterocycles. The second-order valence-corrected chi connectivity index (χ2v) is 4.49. The zero-order chi connectivity index (χ0) is 10.5. The predicted molar refractivity (Wildman–Crippen MR) is 57.0 cm³/mol. The number of fused-ring (bicyclic) bond motifs is 1. The molecular weight excluding hydrogens is 190 g/mol. The molecule has 0 unspecified atom stereocenters. The van der Waals surface area contributed by atoms with Crippen LogP contribution in [0.15, 0.2) is 18.2 Å². The van der Waals surface area contributed by atoms with Crippen LogP contribution in [0.25, 0.3) is 0 Å². The molecular formula is C12H13NO2. The number of rotatable bonds is 0. The average molecular weight is 203 g/mol. The zero-order valence-electron chi connectivity index (χ0n) is 8.45. The number of carbonyl (C=O) groups excluding carboxylic acids is 1. The highest BCUT2D eigenvalue weighted by Gasteiger charge is 2.45. The fraction of sp³-hybridized carbons (Fsp3) is 0.417. The Morgan fingerprint density at radius 1 is 1.33 bits per heavy atom. The van der Waals surface area contributed by atoms with Crippen molar-refractivity contribution in [1.82, 2.24) is 0 Å². The standard InChI is InChI=1S/C12H13NO2/c13-8-2-3-9-10(14)7-12(4-1-5-12)15-11(9)6-8/h2-3,6H,1,4-5,7,13H2. The van der Waals surface area contributed by atoms with Crippen molar-refractivity contribution in [2.75, 3.05) is 5.73 Å². The van der Waals surface area contributed by atoms with Gasteiger partial charge in [0, 0.05) is 11.8 Å². The topological polar surface area (TPSA) is 52.3 Å². The van der Waals surface area contributed by atoms with Crippen LogP contribution in [0.3, 0.4) is 0 Å². The molecule has 2 N–H and O–H groups in total. The van der Waals surface area contributed by atoms with Crippen LogP contribution in [0, 0.1) is 0 Å². The number of ketones is 1. The lowest BCUT2D eigenvalue weighted by molar-refractivity contribution is -0.0176. The molecule has 1 fully saturated rings. The summed E-state index contributed by atoms with van der Waals surface area (Å²) in [5, 5.41) is 0. The van der Waals surface area contributed by atoms with Crippen molar-refractivity contribution in [2.45, 2.75) is 31.3 Å². The van der Waals surface area contributed by atoms with Crippen LogP contribution in [-0.2, 0) is 0 Å². The van der Waals surface area contributed by atoms with E-state index in [0.717, 1.165) is 19.3 Å². The monoisotopic (exact) mass is 203 g/mol. The first-order valence-corrected chi connectivity index (χ1v) is 5.30. The summed E-state index contributed by atoms with van der Waals surface area (Å²) in [6.07, 6.45) is 3.68. The van der Waals surface area contributed by atoms with E-state index in [9.17, 15) is 4.79 Å². The minimum Gasteiger partial charge on any atom is -0.486 e. The summed E-state index contributed by atoms with van der Waals surface area (Å²) >= 11 is 0. The highest BCUT2D eigenvalue weighted by molar-refractivity contribution is 6.00. The molecule has 2 aliphatic rings. The van der Waals surface area contributed by atoms with Crippen LogP contribution in [0.2, 0.25) is 0 Å². The SMILES string of the molecule is Nc1ccc2c(c1)OC1(CCC1)CC2=O. The Morgan fingerprint density at radius 2 is 2.13 bits per heavy atom. The number of nitrogens with two attached hydrogens (primary N) is 1. The van der Waals surface area contributed by atoms with E-state index in [1.54, 1.807) is 18.2 Å². The third kappa shape index (κ3) is 1.23. The van der Waals surface area contributed by atoms with Crippen LogP contribution < -0.4 is 10.5 Å². The van der Waals surface area contributed by atoms with Gasteiger partial charge in [0.05, 0.1) is 12.0 Å². The van der Waals surface area contributed by atoms with Gasteiger partial charge < -0.3 is 10.5 Å². The summed E-state index contributed by atoms with van der Waals surface area (Å²) in [5.74, 6) is 0.863. The van der Waals surface area contributed by atoms with Gasteiger partial charge in [-0.25, -0.2) is 0 Å². The third-order valence-corrected chi connectivity index (χ3v) is 3.38. The van der Waals surface area contributed by atoms with Gasteiger partial charge in [-0.15, -0.1) is 0 Å². The highest BCUT2D eigenvalue weighted by atomic mass is 16.5. The molecule has 78 valence electrons. The number of carbonyl (C=O) groups is 1. The van der Waals surface area contributed by atoms with Crippen molar-refractivity contribution in [3.63, 3.8) is 0 Å². The number of ether oxygens (including phenoxy) is 1. The summed E-state index contributed by atoms with van der Waals surface area (Å²) in [6, 6.07) is 5.27. The molecule has 0 atom stereocenters. The molecule has 3 rings (SSSR count). The first-order valence-electron chi connectivity index (χ1n) is 5.30. The van der Waals surface area contributed by atoms with E-state index in [1.165, 1.54) is 0 Å². The first-order chi connectivity index (χ1) is 7.19. The van der Waals surface area contributed by atoms with Gasteiger partial charge in [-0.05, 0) is 31.4 Å². The molecule has 15 heavy (non-hydrogen) atoms. The normalized spacial score (nSPS) is 21.7. The maximum Gasteiger partial charge on any atom is 0.170 e. The largest absolute Gasteiger partial charge is 0.486 e. The van der Waals surface area contributed by atoms with Crippen LogP contribution >= 0.6 is 0 Å². The summed E-state index contributed by atoms with van der Waals surface area (Å²) in [5.41, 5.74) is 6.82. The Balaban J connectivity index is 2.05. The molecule has 1 aromatic rings. The van der Waals surface area contributed by atoms with Crippen molar-refractivity contribution in [3.05, 3.63) is 23.8 Å². The van der Waals surface area contributed by atoms with Crippen LogP contribution in [0.5, 0.6) is 5.75 Å². The van der Waals surface area contributed by atoms with Gasteiger partial charge in [0.25, 0.3) is 0 Å². The predicted octanol–water partition coefficient (Wildman–Crippen LogP) is 2.16. The summed E-state index contributed by atoms with van der Waals surface area (Å²) in [6.45, 7) is 0. The minimum atomic E-state index is -0.197. The lowest BCUT2D eigenvalue weighted by Crippen LogP contribution is -2.47. The van der Waals surface area contributed by atoms with E-state index in [-0.39, 0.29) is 11.4 Å². The molecule has 0 amide bonds. The van der Waals surface area contributed by atoms with E-state index in [2.05, 4.69) is 0 Å². The molecule has 3 heteroatoms. The molecule has 1 heterocycles. The van der Waals surface area contributed by atoms with Gasteiger partial charge in [0.1, 0.15) is 11.4 Å². The Morgan fingerprint density at radius 3 is 2.80 bits per heavy atom. The fourth-order valence-electron chi connectivity index (χ4n) is 2.36. The van der Waals surface area contributed by atoms with Crippen LogP contribution in [0.1, 0.15) is 36.0 Å². The zero-order valence-corrected chi connectivity index (χ0v) is 8.45. The Hall–Kier alpha value is -1.51. The number of Topliss-reactive ketones (excluding diaryl/α,β-unsaturated/α-hetero) is 1. The van der Waals surface area contributed by atoms with Gasteiger partial charge in [0.2, 0.25) is 0 Å². The first kappa shape index (κ1) is 8.77. The number of hydrogen-bond donors (Lipinski definition) is 1. The van der Waals surface area contributed by atoms with E-state index in [4.69, 9.17) is 10.5 Å². The van der Waals surface area contributed by atoms with Crippen molar-refractivity contribution in [2.24, 2.45) is 0 Å². The van der Waals surface area contributed by atoms with Crippen LogP contribution in [0.4, 0.5) is 5.69 Å². The Kier molecular flexibility index (Phi) is 1.61.